The molecule has 22 heteroatoms. The van der Waals surface area contributed by atoms with Crippen molar-refractivity contribution in [3.8, 4) is 44.5 Å². The smallest absolute Gasteiger partial charge is 0.294 e. The molecule has 2 aliphatic heterocycles. The summed E-state index contributed by atoms with van der Waals surface area (Å²) >= 11 is 0. The van der Waals surface area contributed by atoms with E-state index in [4.69, 9.17) is 9.97 Å². The zero-order valence-corrected chi connectivity index (χ0v) is 38.0. The van der Waals surface area contributed by atoms with Crippen molar-refractivity contribution in [1.29, 1.82) is 0 Å². The van der Waals surface area contributed by atoms with E-state index in [0.29, 0.717) is 89.4 Å². The fourth-order valence-corrected chi connectivity index (χ4v) is 9.51. The molecule has 9 rings (SSSR count). The van der Waals surface area contributed by atoms with Crippen molar-refractivity contribution in [2.24, 2.45) is 0 Å². The standard InChI is InChI=1S/C44H30N4O12S4.2ClH/c49-61(50,51)29-9-1-25(2-10-29)41-33-17-19-35(45-33)42(26-3-11-30(12-4-26)62(52,53)54)37-21-23-39(47-37)44(28-7-15-32(16-8-28)64(58,59)60)40-24-22-38(48-40)43(36-20-18-34(41)46-36)27-5-13-31(14-6-27)63(55,56)57;;/h1-24,45-46H,(H,49,50,51)(H,52,53,54)(H,55,56,57)(H,58,59,60);2*1H/p-2. The zero-order chi connectivity index (χ0) is 45.3. The summed E-state index contributed by atoms with van der Waals surface area (Å²) in [6, 6.07) is 29.1. The molecule has 6 N–H and O–H groups in total. The van der Waals surface area contributed by atoms with Gasteiger partial charge in [-0.05, 0) is 119 Å². The summed E-state index contributed by atoms with van der Waals surface area (Å²) < 4.78 is 135. The lowest BCUT2D eigenvalue weighted by Gasteiger charge is -2.08. The Bertz CT molecular complexity index is 3630. The topological polar surface area (TPSA) is 275 Å². The Labute approximate surface area is 389 Å². The number of aromatic amines is 2. The van der Waals surface area contributed by atoms with Crippen LogP contribution in [-0.4, -0.2) is 71.8 Å². The second-order valence-corrected chi connectivity index (χ2v) is 20.2. The van der Waals surface area contributed by atoms with E-state index in [1.165, 1.54) is 97.1 Å². The van der Waals surface area contributed by atoms with Gasteiger partial charge < -0.3 is 34.8 Å². The summed E-state index contributed by atoms with van der Waals surface area (Å²) in [5.41, 5.74) is 7.41. The first-order valence-corrected chi connectivity index (χ1v) is 24.5. The van der Waals surface area contributed by atoms with Crippen LogP contribution in [-0.2, 0) is 40.5 Å². The minimum Gasteiger partial charge on any atom is -1.00 e. The van der Waals surface area contributed by atoms with Crippen LogP contribution in [0.4, 0.5) is 0 Å². The van der Waals surface area contributed by atoms with Crippen molar-refractivity contribution in [2.45, 2.75) is 19.6 Å². The maximum Gasteiger partial charge on any atom is 0.294 e. The predicted octanol–water partition coefficient (Wildman–Crippen LogP) is 2.32. The molecule has 0 saturated heterocycles. The van der Waals surface area contributed by atoms with Gasteiger partial charge in [-0.1, -0.05) is 48.5 Å². The Morgan fingerprint density at radius 1 is 0.303 bits per heavy atom. The third-order valence-electron chi connectivity index (χ3n) is 10.5. The van der Waals surface area contributed by atoms with Gasteiger partial charge in [-0.2, -0.15) is 33.7 Å². The minimum absolute atomic E-state index is 0. The number of benzene rings is 4. The highest BCUT2D eigenvalue weighted by molar-refractivity contribution is 7.86. The van der Waals surface area contributed by atoms with E-state index < -0.39 is 40.5 Å². The average molecular weight is 1010 g/mol. The molecule has 0 atom stereocenters. The van der Waals surface area contributed by atoms with Gasteiger partial charge in [0.05, 0.1) is 42.4 Å². The molecule has 0 spiro atoms. The summed E-state index contributed by atoms with van der Waals surface area (Å²) in [5.74, 6) is 0. The summed E-state index contributed by atoms with van der Waals surface area (Å²) in [7, 11) is -18.2. The first-order valence-electron chi connectivity index (χ1n) is 18.7. The molecule has 0 amide bonds. The van der Waals surface area contributed by atoms with E-state index in [1.54, 1.807) is 48.6 Å². The van der Waals surface area contributed by atoms with E-state index in [9.17, 15) is 51.9 Å². The molecule has 4 aromatic carbocycles. The van der Waals surface area contributed by atoms with Gasteiger partial charge in [0.2, 0.25) is 0 Å². The fourth-order valence-electron chi connectivity index (χ4n) is 7.59. The summed E-state index contributed by atoms with van der Waals surface area (Å²) in [5, 5.41) is 0. The molecule has 0 aliphatic carbocycles. The molecule has 5 heterocycles. The average Bonchev–Trinajstić information content (AvgIpc) is 4.08. The predicted molar refractivity (Wildman–Crippen MR) is 240 cm³/mol. The van der Waals surface area contributed by atoms with Gasteiger partial charge in [0.1, 0.15) is 0 Å². The molecular formula is C44H30Cl2N4O12S4-2. The quantitative estimate of drug-likeness (QED) is 0.119. The monoisotopic (exact) mass is 1000 g/mol. The SMILES string of the molecule is O=S(=O)(O)c1ccc(-c2c3nc(c(-c4ccc(S(=O)(=O)O)cc4)c4ccc([nH]4)c(-c4ccc(S(=O)(=O)O)cc4)c4ccc([nH]4)c(-c4ccc(S(=O)(=O)O)cc4)c4nc2C=C4)C=C3)cc1.[Cl-].[Cl-]. The molecular weight excluding hydrogens is 976 g/mol. The fraction of sp³-hybridized carbons (Fsp3) is 0. The summed E-state index contributed by atoms with van der Waals surface area (Å²) in [4.78, 5) is 15.6. The van der Waals surface area contributed by atoms with Crippen LogP contribution in [0, 0.1) is 0 Å². The molecule has 8 bridgehead atoms. The van der Waals surface area contributed by atoms with E-state index in [0.717, 1.165) is 0 Å². The Hall–Kier alpha value is -6.30. The maximum absolute atomic E-state index is 12.0. The number of hydrogen-bond donors (Lipinski definition) is 6. The van der Waals surface area contributed by atoms with E-state index in [2.05, 4.69) is 9.97 Å². The molecule has 0 fully saturated rings. The molecule has 66 heavy (non-hydrogen) atoms. The molecule has 0 saturated carbocycles. The third-order valence-corrected chi connectivity index (χ3v) is 14.0. The molecule has 16 nitrogen and oxygen atoms in total. The molecule has 7 aromatic rings. The van der Waals surface area contributed by atoms with Gasteiger partial charge >= 0.3 is 0 Å². The van der Waals surface area contributed by atoms with Crippen LogP contribution >= 0.6 is 0 Å². The van der Waals surface area contributed by atoms with Gasteiger partial charge in [-0.25, -0.2) is 9.97 Å². The number of hydrogen-bond acceptors (Lipinski definition) is 10. The van der Waals surface area contributed by atoms with Crippen molar-refractivity contribution in [2.75, 3.05) is 0 Å². The first-order chi connectivity index (χ1) is 30.2. The molecule has 3 aromatic heterocycles. The van der Waals surface area contributed by atoms with Crippen molar-refractivity contribution in [3.05, 3.63) is 144 Å². The van der Waals surface area contributed by atoms with E-state index >= 15 is 0 Å². The van der Waals surface area contributed by atoms with Gasteiger partial charge in [-0.15, -0.1) is 0 Å². The van der Waals surface area contributed by atoms with Crippen LogP contribution in [0.15, 0.2) is 141 Å². The number of rotatable bonds is 8. The van der Waals surface area contributed by atoms with Crippen LogP contribution in [0.1, 0.15) is 22.8 Å². The van der Waals surface area contributed by atoms with Gasteiger partial charge in [0, 0.05) is 44.3 Å². The van der Waals surface area contributed by atoms with Crippen LogP contribution in [0.5, 0.6) is 0 Å². The van der Waals surface area contributed by atoms with Gasteiger partial charge in [0.25, 0.3) is 40.5 Å². The first kappa shape index (κ1) is 47.7. The molecule has 0 unspecified atom stereocenters. The van der Waals surface area contributed by atoms with E-state index in [-0.39, 0.29) is 44.4 Å². The number of aromatic nitrogens is 4. The Kier molecular flexibility index (Phi) is 12.6. The highest BCUT2D eigenvalue weighted by atomic mass is 35.5. The van der Waals surface area contributed by atoms with Crippen molar-refractivity contribution < 1.29 is 76.7 Å². The number of halogens is 2. The van der Waals surface area contributed by atoms with Gasteiger partial charge in [-0.3, -0.25) is 18.2 Å². The van der Waals surface area contributed by atoms with Crippen LogP contribution in [0.3, 0.4) is 0 Å². The normalized spacial score (nSPS) is 12.7. The third kappa shape index (κ3) is 9.24. The van der Waals surface area contributed by atoms with Crippen LogP contribution in [0.2, 0.25) is 0 Å². The Balaban J connectivity index is 0.00000324. The Morgan fingerprint density at radius 2 is 0.515 bits per heavy atom. The van der Waals surface area contributed by atoms with E-state index in [1.807, 2.05) is 0 Å². The Morgan fingerprint density at radius 3 is 0.773 bits per heavy atom. The van der Waals surface area contributed by atoms with Crippen LogP contribution in [0.25, 0.3) is 90.9 Å². The number of H-pyrrole nitrogens is 2. The lowest BCUT2D eigenvalue weighted by molar-refractivity contribution is -0.00100. The van der Waals surface area contributed by atoms with Crippen molar-refractivity contribution in [1.82, 2.24) is 19.9 Å². The largest absolute Gasteiger partial charge is 1.00 e. The molecule has 338 valence electrons. The van der Waals surface area contributed by atoms with Crippen LogP contribution < -0.4 is 24.8 Å². The number of fused-ring (bicyclic) bond motifs is 8. The number of nitrogens with one attached hydrogen (secondary N) is 2. The minimum atomic E-state index is -4.55. The number of nitrogens with zero attached hydrogens (tertiary/aromatic N) is 2. The summed E-state index contributed by atoms with van der Waals surface area (Å²) in [6.45, 7) is 0. The highest BCUT2D eigenvalue weighted by Crippen LogP contribution is 2.39. The van der Waals surface area contributed by atoms with Crippen molar-refractivity contribution >= 4 is 86.8 Å². The zero-order valence-electron chi connectivity index (χ0n) is 33.2. The van der Waals surface area contributed by atoms with Crippen molar-refractivity contribution in [3.63, 3.8) is 0 Å². The highest BCUT2D eigenvalue weighted by Gasteiger charge is 2.22. The lowest BCUT2D eigenvalue weighted by Crippen LogP contribution is -3.00. The van der Waals surface area contributed by atoms with Gasteiger partial charge in [0.15, 0.2) is 0 Å². The maximum atomic E-state index is 12.0. The molecule has 0 radical (unpaired) electrons. The molecule has 2 aliphatic rings. The second kappa shape index (κ2) is 17.5. The summed E-state index contributed by atoms with van der Waals surface area (Å²) in [6.07, 6.45) is 6.88. The second-order valence-electron chi connectivity index (χ2n) is 14.5. The lowest BCUT2D eigenvalue weighted by atomic mass is 10.0.